The van der Waals surface area contributed by atoms with Gasteiger partial charge in [-0.25, -0.2) is 0 Å². The van der Waals surface area contributed by atoms with Gasteiger partial charge in [-0.2, -0.15) is 0 Å². The van der Waals surface area contributed by atoms with Gasteiger partial charge in [-0.05, 0) is 86.9 Å². The number of rotatable bonds is 1. The third-order valence-electron chi connectivity index (χ3n) is 5.50. The van der Waals surface area contributed by atoms with E-state index in [9.17, 15) is 0 Å². The van der Waals surface area contributed by atoms with Crippen molar-refractivity contribution in [2.24, 2.45) is 0 Å². The van der Waals surface area contributed by atoms with Crippen LogP contribution in [0.1, 0.15) is 43.0 Å². The number of ether oxygens (including phenoxy) is 1. The second kappa shape index (κ2) is 8.18. The number of aliphatic hydroxyl groups is 1. The molecule has 0 bridgehead atoms. The lowest BCUT2D eigenvalue weighted by Crippen LogP contribution is -2.18. The van der Waals surface area contributed by atoms with Crippen molar-refractivity contribution >= 4 is 33.0 Å². The zero-order valence-corrected chi connectivity index (χ0v) is 17.9. The number of aryl methyl sites for hydroxylation is 2. The summed E-state index contributed by atoms with van der Waals surface area (Å²) < 4.78 is 7.18. The molecule has 3 aromatic rings. The highest BCUT2D eigenvalue weighted by Gasteiger charge is 2.18. The van der Waals surface area contributed by atoms with Gasteiger partial charge < -0.3 is 9.84 Å². The fourth-order valence-corrected chi connectivity index (χ4v) is 5.10. The molecular weight excluding hydrogens is 388 g/mol. The van der Waals surface area contributed by atoms with E-state index in [1.54, 1.807) is 0 Å². The summed E-state index contributed by atoms with van der Waals surface area (Å²) in [5, 5.41) is 10.3. The minimum absolute atomic E-state index is 0.323. The smallest absolute Gasteiger partial charge is 0.122 e. The van der Waals surface area contributed by atoms with Gasteiger partial charge in [0.05, 0.1) is 12.4 Å². The van der Waals surface area contributed by atoms with E-state index in [-0.39, 0.29) is 0 Å². The molecule has 0 spiro atoms. The number of halogens is 1. The maximum Gasteiger partial charge on any atom is 0.122 e. The highest BCUT2D eigenvalue weighted by atomic mass is 35.5. The Morgan fingerprint density at radius 2 is 1.96 bits per heavy atom. The summed E-state index contributed by atoms with van der Waals surface area (Å²) in [6, 6.07) is 12.8. The average molecular weight is 413 g/mol. The SMILES string of the molecule is Cc1sc2cc(Cl)ccc2c1-c1ccc2c(c1)CCC(C)O2.OC=C1CCC1. The van der Waals surface area contributed by atoms with E-state index < -0.39 is 0 Å². The van der Waals surface area contributed by atoms with E-state index >= 15 is 0 Å². The molecule has 5 rings (SSSR count). The summed E-state index contributed by atoms with van der Waals surface area (Å²) in [6.45, 7) is 4.32. The number of hydrogen-bond acceptors (Lipinski definition) is 3. The van der Waals surface area contributed by atoms with Crippen LogP contribution in [-0.4, -0.2) is 11.2 Å². The second-order valence-corrected chi connectivity index (χ2v) is 9.30. The Morgan fingerprint density at radius 1 is 1.14 bits per heavy atom. The first-order chi connectivity index (χ1) is 13.5. The molecule has 4 heteroatoms. The molecule has 2 aliphatic rings. The van der Waals surface area contributed by atoms with Crippen LogP contribution < -0.4 is 4.74 Å². The first kappa shape index (κ1) is 19.4. The monoisotopic (exact) mass is 412 g/mol. The standard InChI is InChI=1S/C19H17ClOS.C5H8O/c1-11-3-4-13-9-14(5-8-17(13)21-11)19-12(2)22-18-10-15(20)6-7-16(18)19;6-4-5-2-1-3-5/h5-11H,3-4H2,1-2H3;4,6H,1-3H2. The van der Waals surface area contributed by atoms with E-state index in [2.05, 4.69) is 44.2 Å². The summed E-state index contributed by atoms with van der Waals surface area (Å²) in [5.74, 6) is 1.04. The molecule has 1 N–H and O–H groups in total. The fourth-order valence-electron chi connectivity index (χ4n) is 3.74. The Morgan fingerprint density at radius 3 is 2.64 bits per heavy atom. The maximum absolute atomic E-state index is 8.22. The molecular formula is C24H25ClO2S. The van der Waals surface area contributed by atoms with Crippen molar-refractivity contribution in [3.63, 3.8) is 0 Å². The van der Waals surface area contributed by atoms with Crippen molar-refractivity contribution in [3.05, 3.63) is 63.7 Å². The van der Waals surface area contributed by atoms with Gasteiger partial charge in [-0.15, -0.1) is 11.3 Å². The lowest BCUT2D eigenvalue weighted by Gasteiger charge is -2.23. The molecule has 1 aliphatic carbocycles. The number of benzene rings is 2. The van der Waals surface area contributed by atoms with Gasteiger partial charge in [-0.1, -0.05) is 23.7 Å². The molecule has 2 nitrogen and oxygen atoms in total. The van der Waals surface area contributed by atoms with Crippen LogP contribution in [0.5, 0.6) is 5.75 Å². The van der Waals surface area contributed by atoms with Gasteiger partial charge in [0.1, 0.15) is 5.75 Å². The van der Waals surface area contributed by atoms with Crippen molar-refractivity contribution < 1.29 is 9.84 Å². The molecule has 2 aromatic carbocycles. The Hall–Kier alpha value is -1.97. The molecule has 0 amide bonds. The Balaban J connectivity index is 0.000000275. The Kier molecular flexibility index (Phi) is 5.65. The van der Waals surface area contributed by atoms with Gasteiger partial charge >= 0.3 is 0 Å². The predicted octanol–water partition coefficient (Wildman–Crippen LogP) is 7.86. The summed E-state index contributed by atoms with van der Waals surface area (Å²) in [6.07, 6.45) is 7.25. The third-order valence-corrected chi connectivity index (χ3v) is 6.81. The summed E-state index contributed by atoms with van der Waals surface area (Å²) in [5.41, 5.74) is 5.14. The molecule has 1 aromatic heterocycles. The highest BCUT2D eigenvalue weighted by Crippen LogP contribution is 2.41. The lowest BCUT2D eigenvalue weighted by molar-refractivity contribution is 0.192. The predicted molar refractivity (Wildman–Crippen MR) is 120 cm³/mol. The minimum Gasteiger partial charge on any atom is -0.516 e. The molecule has 146 valence electrons. The molecule has 0 saturated heterocycles. The van der Waals surface area contributed by atoms with Gasteiger partial charge in [0.15, 0.2) is 0 Å². The van der Waals surface area contributed by atoms with E-state index in [4.69, 9.17) is 21.4 Å². The van der Waals surface area contributed by atoms with Crippen molar-refractivity contribution in [1.82, 2.24) is 0 Å². The summed E-state index contributed by atoms with van der Waals surface area (Å²) in [4.78, 5) is 1.34. The Labute approximate surface area is 175 Å². The number of hydrogen-bond donors (Lipinski definition) is 1. The average Bonchev–Trinajstić information content (AvgIpc) is 2.95. The van der Waals surface area contributed by atoms with Crippen LogP contribution in [0, 0.1) is 6.92 Å². The third kappa shape index (κ3) is 3.92. The molecule has 1 saturated carbocycles. The van der Waals surface area contributed by atoms with Crippen LogP contribution in [0.25, 0.3) is 21.2 Å². The zero-order chi connectivity index (χ0) is 19.7. The number of allylic oxidation sites excluding steroid dienone is 1. The van der Waals surface area contributed by atoms with Crippen LogP contribution in [-0.2, 0) is 6.42 Å². The van der Waals surface area contributed by atoms with Gasteiger partial charge in [-0.3, -0.25) is 0 Å². The zero-order valence-electron chi connectivity index (χ0n) is 16.3. The minimum atomic E-state index is 0.323. The first-order valence-electron chi connectivity index (χ1n) is 9.86. The molecule has 1 atom stereocenters. The van der Waals surface area contributed by atoms with Crippen molar-refractivity contribution in [2.45, 2.75) is 52.1 Å². The summed E-state index contributed by atoms with van der Waals surface area (Å²) >= 11 is 7.93. The van der Waals surface area contributed by atoms with Gasteiger partial charge in [0.2, 0.25) is 0 Å². The van der Waals surface area contributed by atoms with Crippen LogP contribution in [0.3, 0.4) is 0 Å². The van der Waals surface area contributed by atoms with Crippen molar-refractivity contribution in [2.75, 3.05) is 0 Å². The lowest BCUT2D eigenvalue weighted by atomic mass is 9.94. The first-order valence-corrected chi connectivity index (χ1v) is 11.1. The molecule has 1 fully saturated rings. The van der Waals surface area contributed by atoms with Crippen LogP contribution in [0.4, 0.5) is 0 Å². The molecule has 1 aliphatic heterocycles. The topological polar surface area (TPSA) is 29.5 Å². The van der Waals surface area contributed by atoms with Crippen LogP contribution >= 0.6 is 22.9 Å². The maximum atomic E-state index is 8.22. The second-order valence-electron chi connectivity index (χ2n) is 7.60. The van der Waals surface area contributed by atoms with Gasteiger partial charge in [0.25, 0.3) is 0 Å². The van der Waals surface area contributed by atoms with E-state index in [0.29, 0.717) is 6.10 Å². The van der Waals surface area contributed by atoms with E-state index in [0.717, 1.165) is 36.5 Å². The van der Waals surface area contributed by atoms with Crippen molar-refractivity contribution in [1.29, 1.82) is 0 Å². The number of thiophene rings is 1. The molecule has 1 unspecified atom stereocenters. The van der Waals surface area contributed by atoms with Crippen molar-refractivity contribution in [3.8, 4) is 16.9 Å². The normalized spacial score (nSPS) is 17.8. The van der Waals surface area contributed by atoms with Crippen LogP contribution in [0.2, 0.25) is 5.02 Å². The highest BCUT2D eigenvalue weighted by molar-refractivity contribution is 7.19. The Bertz CT molecular complexity index is 1030. The van der Waals surface area contributed by atoms with E-state index in [1.165, 1.54) is 49.9 Å². The number of aliphatic hydroxyl groups excluding tert-OH is 1. The number of fused-ring (bicyclic) bond motifs is 2. The van der Waals surface area contributed by atoms with E-state index in [1.807, 2.05) is 17.4 Å². The van der Waals surface area contributed by atoms with Crippen LogP contribution in [0.15, 0.2) is 48.2 Å². The fraction of sp³-hybridized carbons (Fsp3) is 0.333. The quantitative estimate of drug-likeness (QED) is 0.412. The molecule has 28 heavy (non-hydrogen) atoms. The largest absolute Gasteiger partial charge is 0.516 e. The molecule has 2 heterocycles. The molecule has 0 radical (unpaired) electrons. The summed E-state index contributed by atoms with van der Waals surface area (Å²) in [7, 11) is 0. The van der Waals surface area contributed by atoms with Gasteiger partial charge in [0, 0.05) is 25.5 Å².